The van der Waals surface area contributed by atoms with Gasteiger partial charge >= 0.3 is 6.18 Å². The van der Waals surface area contributed by atoms with Gasteiger partial charge in [-0.2, -0.15) is 13.2 Å². The van der Waals surface area contributed by atoms with Crippen molar-refractivity contribution < 1.29 is 22.7 Å². The molecule has 156 valence electrons. The van der Waals surface area contributed by atoms with Crippen LogP contribution in [0.2, 0.25) is 5.02 Å². The van der Waals surface area contributed by atoms with E-state index in [1.54, 1.807) is 54.9 Å². The number of rotatable bonds is 4. The molecular weight excluding hydrogens is 431 g/mol. The van der Waals surface area contributed by atoms with Crippen LogP contribution in [0.25, 0.3) is 11.0 Å². The summed E-state index contributed by atoms with van der Waals surface area (Å²) in [6.45, 7) is 0. The third kappa shape index (κ3) is 4.75. The van der Waals surface area contributed by atoms with Gasteiger partial charge in [0.05, 0.1) is 21.6 Å². The molecule has 1 heterocycles. The van der Waals surface area contributed by atoms with Crippen molar-refractivity contribution in [2.45, 2.75) is 6.18 Å². The van der Waals surface area contributed by atoms with Crippen LogP contribution in [0.3, 0.4) is 0 Å². The quantitative estimate of drug-likeness (QED) is 0.399. The Balaban J connectivity index is 1.50. The number of hydrogen-bond donors (Lipinski definition) is 1. The summed E-state index contributed by atoms with van der Waals surface area (Å²) in [6.07, 6.45) is -1.42. The number of aromatic nitrogens is 2. The molecule has 0 aliphatic carbocycles. The first-order chi connectivity index (χ1) is 14.8. The second kappa shape index (κ2) is 8.23. The summed E-state index contributed by atoms with van der Waals surface area (Å²) in [6, 6.07) is 14.7. The molecule has 0 aliphatic heterocycles. The number of carbonyl (C=O) groups is 1. The number of hydrogen-bond acceptors (Lipinski definition) is 4. The first-order valence-corrected chi connectivity index (χ1v) is 9.34. The van der Waals surface area contributed by atoms with E-state index in [0.29, 0.717) is 22.7 Å². The van der Waals surface area contributed by atoms with E-state index in [4.69, 9.17) is 16.3 Å². The summed E-state index contributed by atoms with van der Waals surface area (Å²) < 4.78 is 44.3. The second-order valence-corrected chi connectivity index (χ2v) is 6.89. The van der Waals surface area contributed by atoms with Gasteiger partial charge in [-0.15, -0.1) is 0 Å². The van der Waals surface area contributed by atoms with Crippen molar-refractivity contribution >= 4 is 34.2 Å². The summed E-state index contributed by atoms with van der Waals surface area (Å²) in [4.78, 5) is 20.9. The first-order valence-electron chi connectivity index (χ1n) is 8.96. The molecule has 0 fully saturated rings. The van der Waals surface area contributed by atoms with E-state index in [9.17, 15) is 18.0 Å². The summed E-state index contributed by atoms with van der Waals surface area (Å²) >= 11 is 5.69. The Morgan fingerprint density at radius 2 is 1.65 bits per heavy atom. The van der Waals surface area contributed by atoms with Gasteiger partial charge in [-0.25, -0.2) is 0 Å². The number of nitrogens with one attached hydrogen (secondary N) is 1. The van der Waals surface area contributed by atoms with Crippen molar-refractivity contribution in [3.63, 3.8) is 0 Å². The van der Waals surface area contributed by atoms with Crippen molar-refractivity contribution in [2.75, 3.05) is 5.32 Å². The van der Waals surface area contributed by atoms with E-state index in [-0.39, 0.29) is 5.56 Å². The molecular formula is C22H13ClF3N3O2. The highest BCUT2D eigenvalue weighted by molar-refractivity contribution is 6.32. The number of ether oxygens (including phenoxy) is 1. The number of fused-ring (bicyclic) bond motifs is 1. The fraction of sp³-hybridized carbons (Fsp3) is 0.0455. The van der Waals surface area contributed by atoms with Crippen LogP contribution in [0.15, 0.2) is 73.1 Å². The molecule has 5 nitrogen and oxygen atoms in total. The highest BCUT2D eigenvalue weighted by atomic mass is 35.5. The SMILES string of the molecule is O=C(Nc1cccc(Oc2ccc3nccnc3c2)c1)c1ccc(C(F)(F)F)c(Cl)c1. The third-order valence-electron chi connectivity index (χ3n) is 4.31. The third-order valence-corrected chi connectivity index (χ3v) is 4.62. The van der Waals surface area contributed by atoms with E-state index >= 15 is 0 Å². The molecule has 4 rings (SSSR count). The average molecular weight is 444 g/mol. The maximum absolute atomic E-state index is 12.8. The van der Waals surface area contributed by atoms with E-state index in [2.05, 4.69) is 15.3 Å². The maximum atomic E-state index is 12.8. The molecule has 31 heavy (non-hydrogen) atoms. The second-order valence-electron chi connectivity index (χ2n) is 6.48. The fourth-order valence-electron chi connectivity index (χ4n) is 2.87. The lowest BCUT2D eigenvalue weighted by atomic mass is 10.1. The number of carbonyl (C=O) groups excluding carboxylic acids is 1. The summed E-state index contributed by atoms with van der Waals surface area (Å²) in [5.41, 5.74) is 0.799. The van der Waals surface area contributed by atoms with Crippen LogP contribution in [-0.2, 0) is 6.18 Å². The summed E-state index contributed by atoms with van der Waals surface area (Å²) in [5, 5.41) is 2.07. The predicted molar refractivity (Wildman–Crippen MR) is 110 cm³/mol. The Kier molecular flexibility index (Phi) is 5.48. The van der Waals surface area contributed by atoms with Gasteiger partial charge in [0.15, 0.2) is 0 Å². The Bertz CT molecular complexity index is 1280. The van der Waals surface area contributed by atoms with E-state index in [0.717, 1.165) is 23.7 Å². The molecule has 1 aromatic heterocycles. The number of halogens is 4. The first kappa shape index (κ1) is 20.6. The fourth-order valence-corrected chi connectivity index (χ4v) is 3.16. The van der Waals surface area contributed by atoms with Crippen molar-refractivity contribution in [3.8, 4) is 11.5 Å². The standard InChI is InChI=1S/C22H13ClF3N3O2/c23-18-10-13(4-6-17(18)22(24,25)26)21(30)29-14-2-1-3-15(11-14)31-16-5-7-19-20(12-16)28-9-8-27-19/h1-12H,(H,29,30). The van der Waals surface area contributed by atoms with E-state index in [1.807, 2.05) is 0 Å². The molecule has 0 spiro atoms. The lowest BCUT2D eigenvalue weighted by Gasteiger charge is -2.11. The van der Waals surface area contributed by atoms with Gasteiger partial charge in [-0.05, 0) is 42.5 Å². The van der Waals surface area contributed by atoms with Gasteiger partial charge in [-0.3, -0.25) is 14.8 Å². The number of benzene rings is 3. The monoisotopic (exact) mass is 443 g/mol. The molecule has 0 saturated carbocycles. The Morgan fingerprint density at radius 3 is 2.39 bits per heavy atom. The molecule has 0 atom stereocenters. The minimum Gasteiger partial charge on any atom is -0.457 e. The minimum atomic E-state index is -4.59. The molecule has 4 aromatic rings. The zero-order valence-corrected chi connectivity index (χ0v) is 16.4. The topological polar surface area (TPSA) is 64.1 Å². The smallest absolute Gasteiger partial charge is 0.417 e. The zero-order chi connectivity index (χ0) is 22.0. The van der Waals surface area contributed by atoms with Crippen molar-refractivity contribution in [1.82, 2.24) is 9.97 Å². The molecule has 0 unspecified atom stereocenters. The van der Waals surface area contributed by atoms with Crippen LogP contribution in [0.5, 0.6) is 11.5 Å². The van der Waals surface area contributed by atoms with Crippen LogP contribution in [0.4, 0.5) is 18.9 Å². The largest absolute Gasteiger partial charge is 0.457 e. The van der Waals surface area contributed by atoms with Crippen LogP contribution in [0.1, 0.15) is 15.9 Å². The Morgan fingerprint density at radius 1 is 0.903 bits per heavy atom. The van der Waals surface area contributed by atoms with Gasteiger partial charge in [0.1, 0.15) is 11.5 Å². The Hall–Kier alpha value is -3.65. The normalized spacial score (nSPS) is 11.4. The van der Waals surface area contributed by atoms with Crippen LogP contribution < -0.4 is 10.1 Å². The molecule has 1 amide bonds. The molecule has 0 bridgehead atoms. The highest BCUT2D eigenvalue weighted by Crippen LogP contribution is 2.35. The lowest BCUT2D eigenvalue weighted by Crippen LogP contribution is -2.13. The number of anilines is 1. The lowest BCUT2D eigenvalue weighted by molar-refractivity contribution is -0.137. The molecule has 3 aromatic carbocycles. The number of nitrogens with zero attached hydrogens (tertiary/aromatic N) is 2. The molecule has 9 heteroatoms. The average Bonchev–Trinajstić information content (AvgIpc) is 2.73. The van der Waals surface area contributed by atoms with Gasteiger partial charge in [0, 0.05) is 35.8 Å². The summed E-state index contributed by atoms with van der Waals surface area (Å²) in [5.74, 6) is 0.381. The van der Waals surface area contributed by atoms with Crippen LogP contribution >= 0.6 is 11.6 Å². The number of amides is 1. The van der Waals surface area contributed by atoms with Crippen molar-refractivity contribution in [1.29, 1.82) is 0 Å². The zero-order valence-electron chi connectivity index (χ0n) is 15.7. The van der Waals surface area contributed by atoms with Crippen molar-refractivity contribution in [3.05, 3.63) is 89.2 Å². The molecule has 1 N–H and O–H groups in total. The minimum absolute atomic E-state index is 0.00238. The number of alkyl halides is 3. The van der Waals surface area contributed by atoms with E-state index < -0.39 is 22.7 Å². The van der Waals surface area contributed by atoms with Crippen LogP contribution in [-0.4, -0.2) is 15.9 Å². The van der Waals surface area contributed by atoms with Gasteiger partial charge in [0.2, 0.25) is 0 Å². The molecule has 0 saturated heterocycles. The van der Waals surface area contributed by atoms with Gasteiger partial charge < -0.3 is 10.1 Å². The highest BCUT2D eigenvalue weighted by Gasteiger charge is 2.33. The summed E-state index contributed by atoms with van der Waals surface area (Å²) in [7, 11) is 0. The van der Waals surface area contributed by atoms with E-state index in [1.165, 1.54) is 0 Å². The molecule has 0 radical (unpaired) electrons. The molecule has 0 aliphatic rings. The Labute approximate surface area is 179 Å². The van der Waals surface area contributed by atoms with Crippen molar-refractivity contribution in [2.24, 2.45) is 0 Å². The van der Waals surface area contributed by atoms with Crippen LogP contribution in [0, 0.1) is 0 Å². The van der Waals surface area contributed by atoms with Gasteiger partial charge in [0.25, 0.3) is 5.91 Å². The maximum Gasteiger partial charge on any atom is 0.417 e. The predicted octanol–water partition coefficient (Wildman–Crippen LogP) is 6.35. The van der Waals surface area contributed by atoms with Gasteiger partial charge in [-0.1, -0.05) is 17.7 Å².